The summed E-state index contributed by atoms with van der Waals surface area (Å²) in [5.41, 5.74) is 0.886. The maximum Gasteiger partial charge on any atom is 0.326 e. The Morgan fingerprint density at radius 1 is 1.14 bits per heavy atom. The first-order valence-corrected chi connectivity index (χ1v) is 10.9. The molecule has 11 nitrogen and oxygen atoms in total. The van der Waals surface area contributed by atoms with Gasteiger partial charge in [0.15, 0.2) is 17.4 Å². The predicted octanol–water partition coefficient (Wildman–Crippen LogP) is 2.99. The van der Waals surface area contributed by atoms with Gasteiger partial charge < -0.3 is 29.9 Å². The van der Waals surface area contributed by atoms with Gasteiger partial charge in [0.05, 0.1) is 37.1 Å². The van der Waals surface area contributed by atoms with Crippen LogP contribution in [0.1, 0.15) is 30.1 Å². The van der Waals surface area contributed by atoms with Crippen LogP contribution in [0.4, 0.5) is 15.9 Å². The quantitative estimate of drug-likeness (QED) is 0.358. The van der Waals surface area contributed by atoms with E-state index in [2.05, 4.69) is 15.3 Å². The van der Waals surface area contributed by atoms with Gasteiger partial charge in [-0.15, -0.1) is 0 Å². The van der Waals surface area contributed by atoms with Crippen LogP contribution in [0.2, 0.25) is 0 Å². The van der Waals surface area contributed by atoms with E-state index in [1.165, 1.54) is 24.3 Å². The molecule has 1 atom stereocenters. The molecule has 0 bridgehead atoms. The molecule has 2 aromatic carbocycles. The van der Waals surface area contributed by atoms with Gasteiger partial charge in [-0.25, -0.2) is 14.2 Å². The van der Waals surface area contributed by atoms with E-state index < -0.39 is 41.9 Å². The minimum Gasteiger partial charge on any atom is -0.496 e. The van der Waals surface area contributed by atoms with Crippen LogP contribution in [0.3, 0.4) is 0 Å². The highest BCUT2D eigenvalue weighted by Gasteiger charge is 2.30. The van der Waals surface area contributed by atoms with Gasteiger partial charge in [0.1, 0.15) is 17.4 Å². The zero-order chi connectivity index (χ0) is 26.4. The number of hydrogen-bond donors (Lipinski definition) is 3. The molecule has 0 aliphatic carbocycles. The van der Waals surface area contributed by atoms with Crippen molar-refractivity contribution in [2.45, 2.75) is 25.8 Å². The van der Waals surface area contributed by atoms with Crippen LogP contribution >= 0.6 is 0 Å². The lowest BCUT2D eigenvalue weighted by atomic mass is 10.1. The molecular formula is C24H25FN4O7. The van der Waals surface area contributed by atoms with Crippen molar-refractivity contribution in [1.82, 2.24) is 15.3 Å². The van der Waals surface area contributed by atoms with Crippen molar-refractivity contribution in [2.24, 2.45) is 0 Å². The van der Waals surface area contributed by atoms with Gasteiger partial charge in [0, 0.05) is 19.0 Å². The molecule has 1 heterocycles. The third kappa shape index (κ3) is 5.43. The highest BCUT2D eigenvalue weighted by atomic mass is 19.1. The monoisotopic (exact) mass is 500 g/mol. The first-order chi connectivity index (χ1) is 17.2. The van der Waals surface area contributed by atoms with Gasteiger partial charge in [-0.1, -0.05) is 12.1 Å². The molecule has 36 heavy (non-hydrogen) atoms. The van der Waals surface area contributed by atoms with Crippen LogP contribution in [-0.2, 0) is 9.59 Å². The average molecular weight is 500 g/mol. The summed E-state index contributed by atoms with van der Waals surface area (Å²) in [7, 11) is 2.42. The molecule has 0 radical (unpaired) electrons. The average Bonchev–Trinajstić information content (AvgIpc) is 2.86. The summed E-state index contributed by atoms with van der Waals surface area (Å²) >= 11 is 0. The maximum absolute atomic E-state index is 15.8. The molecule has 0 aliphatic heterocycles. The van der Waals surface area contributed by atoms with Crippen molar-refractivity contribution in [3.63, 3.8) is 0 Å². The minimum atomic E-state index is -1.52. The van der Waals surface area contributed by atoms with Crippen molar-refractivity contribution < 1.29 is 38.5 Å². The molecule has 0 saturated carbocycles. The van der Waals surface area contributed by atoms with E-state index in [9.17, 15) is 19.5 Å². The molecule has 0 aliphatic rings. The SMILES string of the molecule is CCN(c1cnc2ccccc2n1)c1cc(OC)c(C(=O)NC(CCC(=O)O)C(=O)O)c(OC)c1F. The largest absolute Gasteiger partial charge is 0.496 e. The zero-order valence-corrected chi connectivity index (χ0v) is 19.8. The molecular weight excluding hydrogens is 475 g/mol. The van der Waals surface area contributed by atoms with Gasteiger partial charge >= 0.3 is 11.9 Å². The van der Waals surface area contributed by atoms with Crippen molar-refractivity contribution >= 4 is 40.4 Å². The third-order valence-corrected chi connectivity index (χ3v) is 5.39. The molecule has 0 saturated heterocycles. The molecule has 12 heteroatoms. The molecule has 0 fully saturated rings. The molecule has 0 spiro atoms. The molecule has 1 amide bonds. The number of anilines is 2. The van der Waals surface area contributed by atoms with E-state index in [0.29, 0.717) is 16.9 Å². The number of amides is 1. The number of carboxylic acids is 2. The molecule has 3 N–H and O–H groups in total. The number of fused-ring (bicyclic) bond motifs is 1. The number of methoxy groups -OCH3 is 2. The number of aromatic nitrogens is 2. The summed E-state index contributed by atoms with van der Waals surface area (Å²) in [6.45, 7) is 2.05. The first-order valence-electron chi connectivity index (χ1n) is 10.9. The summed E-state index contributed by atoms with van der Waals surface area (Å²) in [6, 6.07) is 6.95. The Morgan fingerprint density at radius 3 is 2.42 bits per heavy atom. The third-order valence-electron chi connectivity index (χ3n) is 5.39. The van der Waals surface area contributed by atoms with Crippen LogP contribution in [0.5, 0.6) is 11.5 Å². The summed E-state index contributed by atoms with van der Waals surface area (Å²) < 4.78 is 26.3. The van der Waals surface area contributed by atoms with E-state index >= 15 is 4.39 Å². The Morgan fingerprint density at radius 2 is 1.83 bits per heavy atom. The number of ether oxygens (including phenoxy) is 2. The van der Waals surface area contributed by atoms with Crippen molar-refractivity contribution in [1.29, 1.82) is 0 Å². The standard InChI is InChI=1S/C24H25FN4O7/c1-4-29(18-12-26-13-7-5-6-8-14(13)27-18)16-11-17(35-2)20(22(36-3)21(16)25)23(32)28-15(24(33)34)9-10-19(30)31/h5-8,11-12,15H,4,9-10H2,1-3H3,(H,28,32)(H,30,31)(H,33,34). The van der Waals surface area contributed by atoms with E-state index in [0.717, 1.165) is 7.11 Å². The number of halogens is 1. The van der Waals surface area contributed by atoms with Gasteiger partial charge in [-0.05, 0) is 25.5 Å². The Kier molecular flexibility index (Phi) is 8.20. The fourth-order valence-corrected chi connectivity index (χ4v) is 3.65. The van der Waals surface area contributed by atoms with E-state index in [-0.39, 0.29) is 30.0 Å². The van der Waals surface area contributed by atoms with E-state index in [1.54, 1.807) is 25.1 Å². The van der Waals surface area contributed by atoms with Gasteiger partial charge in [-0.3, -0.25) is 14.6 Å². The second kappa shape index (κ2) is 11.3. The maximum atomic E-state index is 15.8. The summed E-state index contributed by atoms with van der Waals surface area (Å²) in [5.74, 6) is -4.79. The number of carboxylic acid groups (broad SMARTS) is 2. The number of carbonyl (C=O) groups excluding carboxylic acids is 1. The lowest BCUT2D eigenvalue weighted by molar-refractivity contribution is -0.140. The van der Waals surface area contributed by atoms with Gasteiger partial charge in [0.25, 0.3) is 5.91 Å². The highest BCUT2D eigenvalue weighted by Crippen LogP contribution is 2.40. The predicted molar refractivity (Wildman–Crippen MR) is 127 cm³/mol. The normalized spacial score (nSPS) is 11.6. The highest BCUT2D eigenvalue weighted by molar-refractivity contribution is 6.02. The number of hydrogen-bond acceptors (Lipinski definition) is 8. The Bertz CT molecular complexity index is 1300. The van der Waals surface area contributed by atoms with Gasteiger partial charge in [-0.2, -0.15) is 0 Å². The summed E-state index contributed by atoms with van der Waals surface area (Å²) in [4.78, 5) is 45.8. The van der Waals surface area contributed by atoms with Crippen molar-refractivity contribution in [3.05, 3.63) is 47.9 Å². The zero-order valence-electron chi connectivity index (χ0n) is 19.8. The molecule has 3 aromatic rings. The fourth-order valence-electron chi connectivity index (χ4n) is 3.65. The van der Waals surface area contributed by atoms with Gasteiger partial charge in [0.2, 0.25) is 0 Å². The van der Waals surface area contributed by atoms with Crippen LogP contribution < -0.4 is 19.7 Å². The summed E-state index contributed by atoms with van der Waals surface area (Å²) in [6.07, 6.45) is 0.633. The molecule has 1 unspecified atom stereocenters. The van der Waals surface area contributed by atoms with E-state index in [4.69, 9.17) is 14.6 Å². The summed E-state index contributed by atoms with van der Waals surface area (Å²) in [5, 5.41) is 20.4. The molecule has 1 aromatic heterocycles. The van der Waals surface area contributed by atoms with Crippen LogP contribution in [0.15, 0.2) is 36.5 Å². The second-order valence-corrected chi connectivity index (χ2v) is 7.58. The minimum absolute atomic E-state index is 0.00649. The molecule has 3 rings (SSSR count). The van der Waals surface area contributed by atoms with Crippen LogP contribution in [0, 0.1) is 5.82 Å². The van der Waals surface area contributed by atoms with Crippen LogP contribution in [-0.4, -0.2) is 64.8 Å². The molecule has 190 valence electrons. The Labute approximate surface area is 205 Å². The Hall–Kier alpha value is -4.48. The Balaban J connectivity index is 2.06. The first kappa shape index (κ1) is 26.1. The number of aliphatic carboxylic acids is 2. The number of carbonyl (C=O) groups is 3. The van der Waals surface area contributed by atoms with Crippen molar-refractivity contribution in [3.8, 4) is 11.5 Å². The lowest BCUT2D eigenvalue weighted by Crippen LogP contribution is -2.41. The number of benzene rings is 2. The van der Waals surface area contributed by atoms with Crippen LogP contribution in [0.25, 0.3) is 11.0 Å². The lowest BCUT2D eigenvalue weighted by Gasteiger charge is -2.25. The number of nitrogens with one attached hydrogen (secondary N) is 1. The van der Waals surface area contributed by atoms with Crippen molar-refractivity contribution in [2.75, 3.05) is 25.7 Å². The fraction of sp³-hybridized carbons (Fsp3) is 0.292. The second-order valence-electron chi connectivity index (χ2n) is 7.58. The number of para-hydroxylation sites is 2. The smallest absolute Gasteiger partial charge is 0.326 e. The number of rotatable bonds is 11. The topological polar surface area (TPSA) is 151 Å². The number of nitrogens with zero attached hydrogens (tertiary/aromatic N) is 3. The van der Waals surface area contributed by atoms with E-state index in [1.807, 2.05) is 6.07 Å².